The molecule has 0 saturated heterocycles. The Morgan fingerprint density at radius 1 is 1.12 bits per heavy atom. The SMILES string of the molecule is C[C@]12CC[C@H]3[C@@H](CC[C@@H]4C[C@@](O)(C#CCl)CC[C@@H]43)[C@@H]1CC[C@@H]2C(=O)CBr. The number of aliphatic hydroxyl groups is 1. The molecule has 0 spiro atoms. The molecule has 0 aromatic carbocycles. The fourth-order valence-electron chi connectivity index (χ4n) is 7.70. The van der Waals surface area contributed by atoms with Gasteiger partial charge in [0.1, 0.15) is 11.4 Å². The minimum atomic E-state index is -0.861. The molecule has 2 nitrogen and oxygen atoms in total. The van der Waals surface area contributed by atoms with E-state index in [1.165, 1.54) is 32.1 Å². The first-order valence-electron chi connectivity index (χ1n) is 10.4. The highest BCUT2D eigenvalue weighted by atomic mass is 79.9. The topological polar surface area (TPSA) is 37.3 Å². The van der Waals surface area contributed by atoms with Gasteiger partial charge < -0.3 is 5.11 Å². The van der Waals surface area contributed by atoms with Crippen LogP contribution < -0.4 is 0 Å². The van der Waals surface area contributed by atoms with E-state index in [1.54, 1.807) is 0 Å². The highest BCUT2D eigenvalue weighted by Crippen LogP contribution is 2.64. The summed E-state index contributed by atoms with van der Waals surface area (Å²) in [6.07, 6.45) is 9.93. The van der Waals surface area contributed by atoms with E-state index in [1.807, 2.05) is 0 Å². The molecular weight excluding hydrogens is 412 g/mol. The molecule has 0 bridgehead atoms. The van der Waals surface area contributed by atoms with E-state index in [9.17, 15) is 9.90 Å². The maximum Gasteiger partial charge on any atom is 0.147 e. The van der Waals surface area contributed by atoms with Crippen molar-refractivity contribution in [2.75, 3.05) is 5.33 Å². The molecule has 0 aliphatic heterocycles. The van der Waals surface area contributed by atoms with E-state index in [0.29, 0.717) is 17.0 Å². The van der Waals surface area contributed by atoms with Gasteiger partial charge in [-0.05, 0) is 104 Å². The second-order valence-electron chi connectivity index (χ2n) is 9.70. The summed E-state index contributed by atoms with van der Waals surface area (Å²) in [5.41, 5.74) is -0.641. The van der Waals surface area contributed by atoms with Crippen molar-refractivity contribution >= 4 is 33.3 Å². The Labute approximate surface area is 171 Å². The van der Waals surface area contributed by atoms with E-state index in [-0.39, 0.29) is 11.3 Å². The number of halogens is 2. The van der Waals surface area contributed by atoms with Crippen molar-refractivity contribution in [3.63, 3.8) is 0 Å². The molecule has 4 rings (SSSR count). The largest absolute Gasteiger partial charge is 0.378 e. The first-order chi connectivity index (χ1) is 12.4. The van der Waals surface area contributed by atoms with Gasteiger partial charge in [-0.25, -0.2) is 0 Å². The summed E-state index contributed by atoms with van der Waals surface area (Å²) in [5.74, 6) is 7.18. The van der Waals surface area contributed by atoms with Gasteiger partial charge in [0.25, 0.3) is 0 Å². The monoisotopic (exact) mass is 440 g/mol. The maximum absolute atomic E-state index is 12.5. The summed E-state index contributed by atoms with van der Waals surface area (Å²) < 4.78 is 0. The first kappa shape index (κ1) is 19.3. The lowest BCUT2D eigenvalue weighted by Crippen LogP contribution is -2.51. The van der Waals surface area contributed by atoms with E-state index in [2.05, 4.69) is 34.2 Å². The molecule has 1 N–H and O–H groups in total. The number of hydrogen-bond donors (Lipinski definition) is 1. The highest BCUT2D eigenvalue weighted by Gasteiger charge is 2.58. The Balaban J connectivity index is 1.52. The molecule has 0 amide bonds. The molecule has 144 valence electrons. The molecule has 4 heteroatoms. The molecule has 0 heterocycles. The summed E-state index contributed by atoms with van der Waals surface area (Å²) in [5, 5.41) is 13.7. The van der Waals surface area contributed by atoms with Gasteiger partial charge in [0.05, 0.1) is 5.33 Å². The van der Waals surface area contributed by atoms with Crippen LogP contribution in [0.15, 0.2) is 0 Å². The molecule has 26 heavy (non-hydrogen) atoms. The van der Waals surface area contributed by atoms with Crippen LogP contribution in [-0.2, 0) is 4.79 Å². The zero-order chi connectivity index (χ0) is 18.5. The standard InChI is InChI=1S/C22H30BrClO2/c1-21-8-6-16-15-7-9-22(26,10-11-24)12-14(15)2-3-17(16)18(21)4-5-19(21)20(25)13-23/h14-19,26H,2-9,12-13H2,1H3/t14-,15+,16-,17-,18+,19-,21+,22+/m1/s1. The summed E-state index contributed by atoms with van der Waals surface area (Å²) in [7, 11) is 0. The van der Waals surface area contributed by atoms with Crippen molar-refractivity contribution in [1.29, 1.82) is 0 Å². The number of fused-ring (bicyclic) bond motifs is 5. The lowest BCUT2D eigenvalue weighted by Gasteiger charge is -2.56. The lowest BCUT2D eigenvalue weighted by atomic mass is 9.49. The van der Waals surface area contributed by atoms with Gasteiger partial charge in [-0.1, -0.05) is 28.8 Å². The Morgan fingerprint density at radius 2 is 1.88 bits per heavy atom. The maximum atomic E-state index is 12.5. The fourth-order valence-corrected chi connectivity index (χ4v) is 8.27. The van der Waals surface area contributed by atoms with E-state index >= 15 is 0 Å². The third-order valence-corrected chi connectivity index (χ3v) is 9.46. The van der Waals surface area contributed by atoms with Crippen LogP contribution in [-0.4, -0.2) is 21.8 Å². The van der Waals surface area contributed by atoms with Crippen LogP contribution in [0.4, 0.5) is 0 Å². The molecule has 4 aliphatic carbocycles. The van der Waals surface area contributed by atoms with Gasteiger partial charge in [0, 0.05) is 11.3 Å². The number of hydrogen-bond acceptors (Lipinski definition) is 2. The smallest absolute Gasteiger partial charge is 0.147 e. The molecule has 0 aromatic heterocycles. The Bertz CT molecular complexity index is 640. The van der Waals surface area contributed by atoms with Crippen molar-refractivity contribution < 1.29 is 9.90 Å². The second kappa shape index (κ2) is 7.09. The highest BCUT2D eigenvalue weighted by molar-refractivity contribution is 9.09. The average molecular weight is 442 g/mol. The molecular formula is C22H30BrClO2. The van der Waals surface area contributed by atoms with E-state index < -0.39 is 5.60 Å². The summed E-state index contributed by atoms with van der Waals surface area (Å²) in [6, 6.07) is 0. The lowest BCUT2D eigenvalue weighted by molar-refractivity contribution is -0.129. The predicted octanol–water partition coefficient (Wildman–Crippen LogP) is 5.15. The van der Waals surface area contributed by atoms with Gasteiger partial charge in [-0.2, -0.15) is 0 Å². The minimum Gasteiger partial charge on any atom is -0.378 e. The predicted molar refractivity (Wildman–Crippen MR) is 108 cm³/mol. The molecule has 0 radical (unpaired) electrons. The zero-order valence-electron chi connectivity index (χ0n) is 15.6. The number of ketones is 1. The van der Waals surface area contributed by atoms with Crippen molar-refractivity contribution in [3.8, 4) is 11.3 Å². The van der Waals surface area contributed by atoms with Gasteiger partial charge in [-0.15, -0.1) is 0 Å². The number of carbonyl (C=O) groups excluding carboxylic acids is 1. The van der Waals surface area contributed by atoms with E-state index in [4.69, 9.17) is 11.6 Å². The Hall–Kier alpha value is -0.0400. The van der Waals surface area contributed by atoms with Crippen molar-refractivity contribution in [2.45, 2.75) is 70.3 Å². The third kappa shape index (κ3) is 2.99. The molecule has 0 unspecified atom stereocenters. The number of alkyl halides is 1. The fraction of sp³-hybridized carbons (Fsp3) is 0.864. The van der Waals surface area contributed by atoms with Crippen LogP contribution in [0.1, 0.15) is 64.7 Å². The van der Waals surface area contributed by atoms with Crippen molar-refractivity contribution in [2.24, 2.45) is 40.9 Å². The third-order valence-electron chi connectivity index (χ3n) is 8.81. The quantitative estimate of drug-likeness (QED) is 0.475. The molecule has 4 fully saturated rings. The average Bonchev–Trinajstić information content (AvgIpc) is 2.98. The van der Waals surface area contributed by atoms with E-state index in [0.717, 1.165) is 49.4 Å². The Morgan fingerprint density at radius 3 is 2.62 bits per heavy atom. The van der Waals surface area contributed by atoms with Crippen LogP contribution in [0, 0.1) is 52.2 Å². The summed E-state index contributed by atoms with van der Waals surface area (Å²) >= 11 is 9.00. The second-order valence-corrected chi connectivity index (χ2v) is 10.5. The normalized spacial score (nSPS) is 50.0. The zero-order valence-corrected chi connectivity index (χ0v) is 18.0. The van der Waals surface area contributed by atoms with Crippen molar-refractivity contribution in [1.82, 2.24) is 0 Å². The number of Topliss-reactive ketones (excluding diaryl/α,β-unsaturated/α-hetero) is 1. The number of carbonyl (C=O) groups is 1. The van der Waals surface area contributed by atoms with Gasteiger partial charge in [-0.3, -0.25) is 4.79 Å². The summed E-state index contributed by atoms with van der Waals surface area (Å²) in [6.45, 7) is 2.41. The molecule has 8 atom stereocenters. The van der Waals surface area contributed by atoms with Crippen LogP contribution in [0.5, 0.6) is 0 Å². The molecule has 4 saturated carbocycles. The summed E-state index contributed by atoms with van der Waals surface area (Å²) in [4.78, 5) is 12.5. The molecule has 0 aromatic rings. The first-order valence-corrected chi connectivity index (χ1v) is 11.9. The van der Waals surface area contributed by atoms with Crippen LogP contribution >= 0.6 is 27.5 Å². The number of rotatable bonds is 2. The van der Waals surface area contributed by atoms with Gasteiger partial charge in [0.15, 0.2) is 0 Å². The van der Waals surface area contributed by atoms with Crippen LogP contribution in [0.2, 0.25) is 0 Å². The minimum absolute atomic E-state index is 0.221. The van der Waals surface area contributed by atoms with Crippen molar-refractivity contribution in [3.05, 3.63) is 0 Å². The Kier molecular flexibility index (Phi) is 5.26. The van der Waals surface area contributed by atoms with Crippen LogP contribution in [0.3, 0.4) is 0 Å². The van der Waals surface area contributed by atoms with Gasteiger partial charge >= 0.3 is 0 Å². The molecule has 4 aliphatic rings. The van der Waals surface area contributed by atoms with Gasteiger partial charge in [0.2, 0.25) is 0 Å². The van der Waals surface area contributed by atoms with Crippen LogP contribution in [0.25, 0.3) is 0 Å².